The van der Waals surface area contributed by atoms with Crippen molar-refractivity contribution in [2.24, 2.45) is 17.8 Å². The minimum Gasteiger partial charge on any atom is -0.466 e. The van der Waals surface area contributed by atoms with Crippen LogP contribution in [0, 0.1) is 24.7 Å². The van der Waals surface area contributed by atoms with Crippen molar-refractivity contribution >= 4 is 18.0 Å². The summed E-state index contributed by atoms with van der Waals surface area (Å²) in [4.78, 5) is 29.7. The highest BCUT2D eigenvalue weighted by Gasteiger charge is 2.50. The number of oxazole rings is 1. The van der Waals surface area contributed by atoms with Gasteiger partial charge < -0.3 is 28.5 Å². The Morgan fingerprint density at radius 2 is 2.04 bits per heavy atom. The number of hydrogen-bond donors (Lipinski definition) is 1. The molecule has 254 valence electrons. The van der Waals surface area contributed by atoms with E-state index in [1.54, 1.807) is 26.4 Å². The zero-order valence-corrected chi connectivity index (χ0v) is 28.7. The molecule has 46 heavy (non-hydrogen) atoms. The first kappa shape index (κ1) is 37.2. The van der Waals surface area contributed by atoms with Crippen LogP contribution in [0.3, 0.4) is 0 Å². The van der Waals surface area contributed by atoms with Gasteiger partial charge in [-0.15, -0.1) is 0 Å². The first-order valence-electron chi connectivity index (χ1n) is 16.4. The molecule has 0 aromatic carbocycles. The molecule has 0 amide bonds. The molecule has 1 unspecified atom stereocenters. The Bertz CT molecular complexity index is 1310. The van der Waals surface area contributed by atoms with Crippen molar-refractivity contribution in [1.82, 2.24) is 4.98 Å². The maximum absolute atomic E-state index is 13.1. The molecule has 8 atom stereocenters. The average Bonchev–Trinajstić information content (AvgIpc) is 3.47. The fraction of sp³-hybridized carbons (Fsp3) is 0.595. The van der Waals surface area contributed by atoms with Crippen LogP contribution in [0.15, 0.2) is 64.4 Å². The van der Waals surface area contributed by atoms with Crippen LogP contribution >= 0.6 is 0 Å². The number of fused-ring (bicyclic) bond motifs is 1. The van der Waals surface area contributed by atoms with Crippen molar-refractivity contribution < 1.29 is 38.1 Å². The third-order valence-corrected chi connectivity index (χ3v) is 8.89. The lowest BCUT2D eigenvalue weighted by molar-refractivity contribution is -0.148. The van der Waals surface area contributed by atoms with Gasteiger partial charge in [0.2, 0.25) is 0 Å². The molecule has 1 N–H and O–H groups in total. The van der Waals surface area contributed by atoms with Gasteiger partial charge in [0, 0.05) is 38.4 Å². The molecule has 9 nitrogen and oxygen atoms in total. The molecule has 9 heteroatoms. The lowest BCUT2D eigenvalue weighted by atomic mass is 9.87. The fourth-order valence-electron chi connectivity index (χ4n) is 5.97. The van der Waals surface area contributed by atoms with E-state index in [1.807, 2.05) is 71.1 Å². The van der Waals surface area contributed by atoms with E-state index in [9.17, 15) is 14.7 Å². The average molecular weight is 640 g/mol. The highest BCUT2D eigenvalue weighted by Crippen LogP contribution is 2.43. The third-order valence-electron chi connectivity index (χ3n) is 8.89. The van der Waals surface area contributed by atoms with E-state index in [2.05, 4.69) is 11.9 Å². The number of rotatable bonds is 10. The summed E-state index contributed by atoms with van der Waals surface area (Å²) in [6, 6.07) is 0. The standard InChI is InChI=1S/C37H53NO8/c1-9-43-35(41)22-29-14-11-15-34(40)45-32(18-19-37(7)33(46-37)17-16-25(3)31(39)21-29)27(5)36(42-8)26(4)13-10-12-24(2)20-30-23-44-28(6)38-30/h10-13,15-17,20,23,25,27,29,31-33,36,39H,9,14,18-19,21-22H2,1-8H3/b12-10+,15-11+,17-16+,24-20+,26-13+/t25-,27+,29-,31-,32?,33-,36+,37-/m1/s1. The number of ether oxygens (including phenoxy) is 4. The Balaban J connectivity index is 1.78. The Morgan fingerprint density at radius 1 is 1.28 bits per heavy atom. The summed E-state index contributed by atoms with van der Waals surface area (Å²) < 4.78 is 28.5. The molecule has 1 saturated heterocycles. The number of methoxy groups -OCH3 is 1. The molecule has 2 aliphatic rings. The number of esters is 2. The second kappa shape index (κ2) is 17.6. The van der Waals surface area contributed by atoms with Crippen LogP contribution in [0.5, 0.6) is 0 Å². The number of hydrogen-bond acceptors (Lipinski definition) is 9. The number of aliphatic hydroxyl groups is 1. The van der Waals surface area contributed by atoms with Gasteiger partial charge in [0.1, 0.15) is 24.2 Å². The first-order chi connectivity index (χ1) is 21.8. The molecule has 0 spiro atoms. The summed E-state index contributed by atoms with van der Waals surface area (Å²) in [5, 5.41) is 10.9. The quantitative estimate of drug-likeness (QED) is 0.127. The molecule has 3 rings (SSSR count). The van der Waals surface area contributed by atoms with Gasteiger partial charge in [-0.25, -0.2) is 9.78 Å². The molecule has 1 fully saturated rings. The van der Waals surface area contributed by atoms with Crippen LogP contribution in [0.2, 0.25) is 0 Å². The van der Waals surface area contributed by atoms with Gasteiger partial charge in [0.15, 0.2) is 5.89 Å². The number of aryl methyl sites for hydroxylation is 1. The third kappa shape index (κ3) is 11.5. The summed E-state index contributed by atoms with van der Waals surface area (Å²) >= 11 is 0. The number of aliphatic hydroxyl groups excluding tert-OH is 1. The molecule has 0 radical (unpaired) electrons. The van der Waals surface area contributed by atoms with Crippen molar-refractivity contribution in [1.29, 1.82) is 0 Å². The van der Waals surface area contributed by atoms with E-state index < -0.39 is 18.2 Å². The minimum absolute atomic E-state index is 0.0839. The van der Waals surface area contributed by atoms with Crippen LogP contribution in [0.1, 0.15) is 85.2 Å². The van der Waals surface area contributed by atoms with E-state index in [1.165, 1.54) is 6.08 Å². The number of allylic oxidation sites excluding steroid dienone is 5. The second-order valence-electron chi connectivity index (χ2n) is 12.9. The van der Waals surface area contributed by atoms with Crippen molar-refractivity contribution in [3.63, 3.8) is 0 Å². The van der Waals surface area contributed by atoms with Crippen molar-refractivity contribution in [3.05, 3.63) is 71.5 Å². The molecule has 0 bridgehead atoms. The van der Waals surface area contributed by atoms with Crippen LogP contribution in [0.4, 0.5) is 0 Å². The Labute approximate surface area is 274 Å². The van der Waals surface area contributed by atoms with Gasteiger partial charge in [-0.05, 0) is 76.5 Å². The van der Waals surface area contributed by atoms with E-state index in [-0.39, 0.29) is 48.0 Å². The number of nitrogens with zero attached hydrogens (tertiary/aromatic N) is 1. The highest BCUT2D eigenvalue weighted by molar-refractivity contribution is 5.82. The molecule has 3 heterocycles. The number of epoxide rings is 1. The lowest BCUT2D eigenvalue weighted by Gasteiger charge is -2.31. The topological polar surface area (TPSA) is 121 Å². The van der Waals surface area contributed by atoms with E-state index >= 15 is 0 Å². The number of cyclic esters (lactones) is 1. The molecule has 1 aromatic rings. The normalized spacial score (nSPS) is 31.1. The van der Waals surface area contributed by atoms with Crippen LogP contribution in [-0.4, -0.2) is 65.8 Å². The monoisotopic (exact) mass is 639 g/mol. The summed E-state index contributed by atoms with van der Waals surface area (Å²) in [6.07, 6.45) is 17.6. The lowest BCUT2D eigenvalue weighted by Crippen LogP contribution is -2.36. The number of carbonyl (C=O) groups is 2. The highest BCUT2D eigenvalue weighted by atomic mass is 16.6. The number of aromatic nitrogens is 1. The maximum atomic E-state index is 13.1. The summed E-state index contributed by atoms with van der Waals surface area (Å²) in [5.74, 6) is -0.599. The molecule has 0 aliphatic carbocycles. The van der Waals surface area contributed by atoms with Gasteiger partial charge in [0.25, 0.3) is 0 Å². The largest absolute Gasteiger partial charge is 0.466 e. The fourth-order valence-corrected chi connectivity index (χ4v) is 5.97. The second-order valence-corrected chi connectivity index (χ2v) is 12.9. The molecule has 1 aromatic heterocycles. The van der Waals surface area contributed by atoms with E-state index in [0.29, 0.717) is 38.2 Å². The Kier molecular flexibility index (Phi) is 14.2. The predicted octanol–water partition coefficient (Wildman–Crippen LogP) is 6.86. The zero-order valence-electron chi connectivity index (χ0n) is 28.7. The number of carbonyl (C=O) groups excluding carboxylic acids is 2. The summed E-state index contributed by atoms with van der Waals surface area (Å²) in [5.41, 5.74) is 2.41. The van der Waals surface area contributed by atoms with Gasteiger partial charge in [-0.2, -0.15) is 0 Å². The Hall–Kier alpha value is -3.27. The van der Waals surface area contributed by atoms with Crippen LogP contribution < -0.4 is 0 Å². The van der Waals surface area contributed by atoms with Gasteiger partial charge in [-0.1, -0.05) is 50.3 Å². The van der Waals surface area contributed by atoms with Crippen molar-refractivity contribution in [2.45, 2.75) is 111 Å². The van der Waals surface area contributed by atoms with Crippen molar-refractivity contribution in [3.8, 4) is 0 Å². The van der Waals surface area contributed by atoms with E-state index in [4.69, 9.17) is 23.4 Å². The molecular formula is C37H53NO8. The van der Waals surface area contributed by atoms with Gasteiger partial charge in [-0.3, -0.25) is 4.79 Å². The predicted molar refractivity (Wildman–Crippen MR) is 178 cm³/mol. The van der Waals surface area contributed by atoms with Crippen LogP contribution in [0.25, 0.3) is 6.08 Å². The van der Waals surface area contributed by atoms with Crippen molar-refractivity contribution in [2.75, 3.05) is 13.7 Å². The van der Waals surface area contributed by atoms with Crippen LogP contribution in [-0.2, 0) is 28.5 Å². The molecule has 2 aliphatic heterocycles. The van der Waals surface area contributed by atoms with E-state index in [0.717, 1.165) is 16.8 Å². The molecule has 0 saturated carbocycles. The molecular weight excluding hydrogens is 586 g/mol. The van der Waals surface area contributed by atoms with Gasteiger partial charge >= 0.3 is 11.9 Å². The maximum Gasteiger partial charge on any atom is 0.330 e. The summed E-state index contributed by atoms with van der Waals surface area (Å²) in [6.45, 7) is 13.9. The van der Waals surface area contributed by atoms with Gasteiger partial charge in [0.05, 0.1) is 24.4 Å². The Morgan fingerprint density at radius 3 is 2.72 bits per heavy atom. The first-order valence-corrected chi connectivity index (χ1v) is 16.4. The smallest absolute Gasteiger partial charge is 0.330 e. The zero-order chi connectivity index (χ0) is 33.9. The SMILES string of the molecule is CCOC(=O)C[C@@H]1C/C=C/C(=O)OC([C@H](C)[C@@H](OC)/C(C)=C/C=C/C(C)=C/c2coc(C)n2)CC[C@@]2(C)O[C@@H]2/C=C/[C@@H](C)[C@H](O)C1. The minimum atomic E-state index is -0.644. The summed E-state index contributed by atoms with van der Waals surface area (Å²) in [7, 11) is 1.67.